The molecule has 15 heavy (non-hydrogen) atoms. The van der Waals surface area contributed by atoms with Crippen molar-refractivity contribution >= 4 is 15.9 Å². The fourth-order valence-electron chi connectivity index (χ4n) is 2.43. The zero-order valence-corrected chi connectivity index (χ0v) is 10.1. The maximum Gasteiger partial charge on any atom is 0.0181 e. The molecule has 3 rings (SSSR count). The molecule has 0 aliphatic heterocycles. The van der Waals surface area contributed by atoms with E-state index in [4.69, 9.17) is 0 Å². The Kier molecular flexibility index (Phi) is 1.96. The second kappa shape index (κ2) is 3.21. The van der Waals surface area contributed by atoms with E-state index >= 15 is 0 Å². The summed E-state index contributed by atoms with van der Waals surface area (Å²) in [5.41, 5.74) is 5.67. The van der Waals surface area contributed by atoms with Gasteiger partial charge in [-0.05, 0) is 34.4 Å². The first-order valence-electron chi connectivity index (χ1n) is 5.16. The summed E-state index contributed by atoms with van der Waals surface area (Å²) >= 11 is 3.54. The van der Waals surface area contributed by atoms with Gasteiger partial charge in [0.15, 0.2) is 0 Å². The first kappa shape index (κ1) is 9.17. The third-order valence-corrected chi connectivity index (χ3v) is 3.69. The quantitative estimate of drug-likeness (QED) is 0.649. The van der Waals surface area contributed by atoms with E-state index in [-0.39, 0.29) is 0 Å². The molecule has 1 unspecified atom stereocenters. The maximum absolute atomic E-state index is 3.54. The van der Waals surface area contributed by atoms with Crippen molar-refractivity contribution in [2.75, 3.05) is 0 Å². The molecule has 0 fully saturated rings. The highest BCUT2D eigenvalue weighted by atomic mass is 79.9. The van der Waals surface area contributed by atoms with Crippen molar-refractivity contribution in [3.63, 3.8) is 0 Å². The maximum atomic E-state index is 3.54. The van der Waals surface area contributed by atoms with Crippen molar-refractivity contribution in [3.05, 3.63) is 58.1 Å². The number of benzene rings is 2. The smallest absolute Gasteiger partial charge is 0.0181 e. The first-order valence-corrected chi connectivity index (χ1v) is 5.95. The number of hydrogen-bond donors (Lipinski definition) is 0. The lowest BCUT2D eigenvalue weighted by atomic mass is 10.00. The average molecular weight is 259 g/mol. The standard InChI is InChI=1S/C14H11Br/c1-9-11-4-2-3-5-13(11)14-8-10(15)6-7-12(9)14/h2-9H,1H3. The van der Waals surface area contributed by atoms with Crippen molar-refractivity contribution in [1.82, 2.24) is 0 Å². The summed E-state index contributed by atoms with van der Waals surface area (Å²) in [5, 5.41) is 0. The van der Waals surface area contributed by atoms with Gasteiger partial charge in [-0.2, -0.15) is 0 Å². The van der Waals surface area contributed by atoms with E-state index in [1.165, 1.54) is 22.3 Å². The molecule has 0 saturated heterocycles. The normalized spacial score (nSPS) is 17.3. The second-order valence-electron chi connectivity index (χ2n) is 4.04. The topological polar surface area (TPSA) is 0 Å². The third kappa shape index (κ3) is 1.26. The molecule has 0 bridgehead atoms. The van der Waals surface area contributed by atoms with Crippen LogP contribution in [0.4, 0.5) is 0 Å². The zero-order chi connectivity index (χ0) is 10.4. The predicted molar refractivity (Wildman–Crippen MR) is 67.1 cm³/mol. The Balaban J connectivity index is 2.34. The fourth-order valence-corrected chi connectivity index (χ4v) is 2.79. The molecule has 1 heteroatoms. The van der Waals surface area contributed by atoms with E-state index in [2.05, 4.69) is 65.3 Å². The van der Waals surface area contributed by atoms with Crippen LogP contribution in [0.5, 0.6) is 0 Å². The van der Waals surface area contributed by atoms with Gasteiger partial charge in [0.2, 0.25) is 0 Å². The Morgan fingerprint density at radius 2 is 1.67 bits per heavy atom. The third-order valence-electron chi connectivity index (χ3n) is 3.20. The molecule has 0 saturated carbocycles. The van der Waals surface area contributed by atoms with Gasteiger partial charge in [-0.3, -0.25) is 0 Å². The summed E-state index contributed by atoms with van der Waals surface area (Å²) in [6, 6.07) is 15.2. The van der Waals surface area contributed by atoms with Gasteiger partial charge in [0.25, 0.3) is 0 Å². The van der Waals surface area contributed by atoms with Gasteiger partial charge >= 0.3 is 0 Å². The van der Waals surface area contributed by atoms with Crippen LogP contribution in [-0.2, 0) is 0 Å². The van der Waals surface area contributed by atoms with Gasteiger partial charge in [0, 0.05) is 10.4 Å². The minimum Gasteiger partial charge on any atom is -0.0619 e. The number of hydrogen-bond acceptors (Lipinski definition) is 0. The second-order valence-corrected chi connectivity index (χ2v) is 4.96. The summed E-state index contributed by atoms with van der Waals surface area (Å²) < 4.78 is 1.16. The van der Waals surface area contributed by atoms with Crippen molar-refractivity contribution in [3.8, 4) is 11.1 Å². The van der Waals surface area contributed by atoms with Crippen LogP contribution in [0.15, 0.2) is 46.9 Å². The largest absolute Gasteiger partial charge is 0.0619 e. The Bertz CT molecular complexity index is 529. The number of fused-ring (bicyclic) bond motifs is 3. The average Bonchev–Trinajstić information content (AvgIpc) is 2.54. The number of halogens is 1. The van der Waals surface area contributed by atoms with E-state index in [0.29, 0.717) is 5.92 Å². The van der Waals surface area contributed by atoms with Gasteiger partial charge in [0.1, 0.15) is 0 Å². The molecule has 0 amide bonds. The van der Waals surface area contributed by atoms with Crippen LogP contribution in [0.25, 0.3) is 11.1 Å². The molecule has 0 heterocycles. The van der Waals surface area contributed by atoms with Crippen LogP contribution in [0, 0.1) is 0 Å². The van der Waals surface area contributed by atoms with Crippen LogP contribution in [0.1, 0.15) is 24.0 Å². The molecule has 0 nitrogen and oxygen atoms in total. The number of rotatable bonds is 0. The summed E-state index contributed by atoms with van der Waals surface area (Å²) in [5.74, 6) is 0.532. The molecule has 0 spiro atoms. The highest BCUT2D eigenvalue weighted by Crippen LogP contribution is 2.44. The van der Waals surface area contributed by atoms with E-state index in [9.17, 15) is 0 Å². The van der Waals surface area contributed by atoms with Crippen LogP contribution >= 0.6 is 15.9 Å². The fraction of sp³-hybridized carbons (Fsp3) is 0.143. The highest BCUT2D eigenvalue weighted by Gasteiger charge is 2.24. The van der Waals surface area contributed by atoms with Gasteiger partial charge in [-0.1, -0.05) is 53.2 Å². The Morgan fingerprint density at radius 1 is 0.933 bits per heavy atom. The zero-order valence-electron chi connectivity index (χ0n) is 8.50. The molecule has 0 aromatic heterocycles. The molecular weight excluding hydrogens is 248 g/mol. The molecular formula is C14H11Br. The molecule has 0 radical (unpaired) electrons. The lowest BCUT2D eigenvalue weighted by molar-refractivity contribution is 0.956. The van der Waals surface area contributed by atoms with E-state index in [1.807, 2.05) is 0 Å². The van der Waals surface area contributed by atoms with Gasteiger partial charge in [-0.25, -0.2) is 0 Å². The van der Waals surface area contributed by atoms with Crippen LogP contribution < -0.4 is 0 Å². The molecule has 0 N–H and O–H groups in total. The van der Waals surface area contributed by atoms with Crippen molar-refractivity contribution in [1.29, 1.82) is 0 Å². The van der Waals surface area contributed by atoms with E-state index in [1.54, 1.807) is 0 Å². The monoisotopic (exact) mass is 258 g/mol. The highest BCUT2D eigenvalue weighted by molar-refractivity contribution is 9.10. The first-order chi connectivity index (χ1) is 7.27. The minimum atomic E-state index is 0.532. The minimum absolute atomic E-state index is 0.532. The Labute approximate surface area is 98.1 Å². The van der Waals surface area contributed by atoms with Crippen molar-refractivity contribution in [2.45, 2.75) is 12.8 Å². The van der Waals surface area contributed by atoms with Crippen LogP contribution in [0.3, 0.4) is 0 Å². The molecule has 1 aliphatic carbocycles. The predicted octanol–water partition coefficient (Wildman–Crippen LogP) is 4.58. The van der Waals surface area contributed by atoms with Crippen LogP contribution in [0.2, 0.25) is 0 Å². The summed E-state index contributed by atoms with van der Waals surface area (Å²) in [4.78, 5) is 0. The molecule has 2 aromatic carbocycles. The van der Waals surface area contributed by atoms with Crippen LogP contribution in [-0.4, -0.2) is 0 Å². The van der Waals surface area contributed by atoms with E-state index < -0.39 is 0 Å². The Morgan fingerprint density at radius 3 is 2.53 bits per heavy atom. The molecule has 1 aliphatic rings. The molecule has 1 atom stereocenters. The van der Waals surface area contributed by atoms with Gasteiger partial charge in [0.05, 0.1) is 0 Å². The van der Waals surface area contributed by atoms with Crippen molar-refractivity contribution in [2.24, 2.45) is 0 Å². The lowest BCUT2D eigenvalue weighted by Gasteiger charge is -2.05. The summed E-state index contributed by atoms with van der Waals surface area (Å²) in [7, 11) is 0. The van der Waals surface area contributed by atoms with Crippen molar-refractivity contribution < 1.29 is 0 Å². The van der Waals surface area contributed by atoms with Gasteiger partial charge in [-0.15, -0.1) is 0 Å². The SMILES string of the molecule is CC1c2ccccc2-c2cc(Br)ccc21. The van der Waals surface area contributed by atoms with E-state index in [0.717, 1.165) is 4.47 Å². The molecule has 2 aromatic rings. The van der Waals surface area contributed by atoms with Gasteiger partial charge < -0.3 is 0 Å². The Hall–Kier alpha value is -1.08. The lowest BCUT2D eigenvalue weighted by Crippen LogP contribution is -1.88. The summed E-state index contributed by atoms with van der Waals surface area (Å²) in [6.45, 7) is 2.28. The molecule has 74 valence electrons. The summed E-state index contributed by atoms with van der Waals surface area (Å²) in [6.07, 6.45) is 0.